The number of cyclic esters (lactones) is 2. The number of nitrogens with zero attached hydrogens (tertiary/aromatic N) is 2. The van der Waals surface area contributed by atoms with Crippen LogP contribution >= 0.6 is 0 Å². The molecule has 2 saturated heterocycles. The number of ketones is 1. The molecule has 0 amide bonds. The lowest BCUT2D eigenvalue weighted by Crippen LogP contribution is -2.58. The molecule has 1 spiro atoms. The van der Waals surface area contributed by atoms with E-state index in [0.717, 1.165) is 5.56 Å². The lowest BCUT2D eigenvalue weighted by molar-refractivity contribution is -0.254. The molecule has 0 aliphatic carbocycles. The maximum atomic E-state index is 14.4. The van der Waals surface area contributed by atoms with Crippen LogP contribution in [0.4, 0.5) is 0 Å². The van der Waals surface area contributed by atoms with Gasteiger partial charge in [0.15, 0.2) is 5.78 Å². The average Bonchev–Trinajstić information content (AvgIpc) is 3.28. The summed E-state index contributed by atoms with van der Waals surface area (Å²) < 4.78 is 22.2. The summed E-state index contributed by atoms with van der Waals surface area (Å²) in [6.45, 7) is 3.02. The molecule has 3 aliphatic rings. The van der Waals surface area contributed by atoms with Crippen LogP contribution in [-0.2, 0) is 19.1 Å². The van der Waals surface area contributed by atoms with Crippen LogP contribution in [0.2, 0.25) is 0 Å². The van der Waals surface area contributed by atoms with Crippen molar-refractivity contribution in [3.63, 3.8) is 0 Å². The highest BCUT2D eigenvalue weighted by Crippen LogP contribution is 2.63. The Morgan fingerprint density at radius 2 is 1.43 bits per heavy atom. The summed E-state index contributed by atoms with van der Waals surface area (Å²) in [6.07, 6.45) is 1.65. The Balaban J connectivity index is 1.62. The van der Waals surface area contributed by atoms with Gasteiger partial charge >= 0.3 is 11.9 Å². The van der Waals surface area contributed by atoms with Crippen LogP contribution in [0.15, 0.2) is 77.9 Å². The molecule has 0 aromatic heterocycles. The Morgan fingerprint density at radius 1 is 0.850 bits per heavy atom. The van der Waals surface area contributed by atoms with E-state index in [2.05, 4.69) is 5.10 Å². The summed E-state index contributed by atoms with van der Waals surface area (Å²) in [5, 5.41) is 6.26. The predicted octanol–water partition coefficient (Wildman–Crippen LogP) is 4.27. The van der Waals surface area contributed by atoms with Crippen molar-refractivity contribution >= 4 is 23.9 Å². The molecule has 9 heteroatoms. The van der Waals surface area contributed by atoms with Gasteiger partial charge in [0.05, 0.1) is 20.4 Å². The monoisotopic (exact) mass is 540 g/mol. The van der Waals surface area contributed by atoms with Crippen molar-refractivity contribution in [2.45, 2.75) is 37.6 Å². The number of carbonyl (C=O) groups is 3. The van der Waals surface area contributed by atoms with E-state index in [9.17, 15) is 14.4 Å². The number of hydrogen-bond acceptors (Lipinski definition) is 9. The zero-order chi connectivity index (χ0) is 28.2. The molecule has 204 valence electrons. The molecule has 3 atom stereocenters. The maximum Gasteiger partial charge on any atom is 0.330 e. The third-order valence-electron chi connectivity index (χ3n) is 7.88. The largest absolute Gasteiger partial charge is 0.497 e. The number of rotatable bonds is 5. The van der Waals surface area contributed by atoms with Gasteiger partial charge in [-0.05, 0) is 53.1 Å². The highest BCUT2D eigenvalue weighted by Gasteiger charge is 2.75. The van der Waals surface area contributed by atoms with Gasteiger partial charge in [0, 0.05) is 25.3 Å². The van der Waals surface area contributed by atoms with Gasteiger partial charge in [0.2, 0.25) is 5.41 Å². The molecule has 0 N–H and O–H groups in total. The summed E-state index contributed by atoms with van der Waals surface area (Å²) in [7, 11) is 3.09. The first-order valence-corrected chi connectivity index (χ1v) is 12.9. The zero-order valence-electron chi connectivity index (χ0n) is 22.5. The molecule has 2 fully saturated rings. The third-order valence-corrected chi connectivity index (χ3v) is 7.88. The van der Waals surface area contributed by atoms with Crippen molar-refractivity contribution in [2.75, 3.05) is 14.2 Å². The third kappa shape index (κ3) is 3.68. The molecule has 3 aromatic rings. The zero-order valence-corrected chi connectivity index (χ0v) is 22.5. The first kappa shape index (κ1) is 25.6. The molecule has 0 saturated carbocycles. The lowest BCUT2D eigenvalue weighted by Gasteiger charge is -2.44. The number of fused-ring (bicyclic) bond motifs is 4. The first-order valence-electron chi connectivity index (χ1n) is 12.9. The van der Waals surface area contributed by atoms with Crippen molar-refractivity contribution in [1.82, 2.24) is 5.01 Å². The van der Waals surface area contributed by atoms with Gasteiger partial charge in [-0.2, -0.15) is 5.10 Å². The molecule has 3 aliphatic heterocycles. The summed E-state index contributed by atoms with van der Waals surface area (Å²) in [5.74, 6) is -3.13. The number of Topliss-reactive ketones (excluding diaryl/α,β-unsaturated/α-hetero) is 1. The van der Waals surface area contributed by atoms with Crippen molar-refractivity contribution in [3.05, 3.63) is 95.1 Å². The summed E-state index contributed by atoms with van der Waals surface area (Å²) >= 11 is 0. The van der Waals surface area contributed by atoms with Gasteiger partial charge in [0.1, 0.15) is 23.6 Å². The summed E-state index contributed by atoms with van der Waals surface area (Å²) in [5.41, 5.74) is 0.440. The topological polar surface area (TPSA) is 104 Å². The highest BCUT2D eigenvalue weighted by atomic mass is 16.7. The fraction of sp³-hybridized carbons (Fsp3) is 0.290. The molecule has 6 rings (SSSR count). The van der Waals surface area contributed by atoms with Gasteiger partial charge in [-0.25, -0.2) is 0 Å². The minimum Gasteiger partial charge on any atom is -0.497 e. The Hall–Kier alpha value is -4.66. The molecule has 3 aromatic carbocycles. The predicted molar refractivity (Wildman–Crippen MR) is 144 cm³/mol. The second kappa shape index (κ2) is 9.22. The SMILES string of the molecule is COc1ccc(C(=O)[C@H]2[C@H](c3ccc(OC)cc3)C3(C(=O)OC(C)(C)OC3=O)[C@@H]3c4ccccc4C=NN32)cc1. The number of hydrogen-bond donors (Lipinski definition) is 0. The smallest absolute Gasteiger partial charge is 0.330 e. The minimum absolute atomic E-state index is 0.313. The Labute approximate surface area is 231 Å². The van der Waals surface area contributed by atoms with E-state index in [0.29, 0.717) is 28.2 Å². The summed E-state index contributed by atoms with van der Waals surface area (Å²) in [6, 6.07) is 19.1. The quantitative estimate of drug-likeness (QED) is 0.269. The maximum absolute atomic E-state index is 14.4. The van der Waals surface area contributed by atoms with Gasteiger partial charge in [-0.1, -0.05) is 36.4 Å². The number of ether oxygens (including phenoxy) is 4. The highest BCUT2D eigenvalue weighted by molar-refractivity contribution is 6.09. The number of carbonyl (C=O) groups excluding carboxylic acids is 3. The molecular weight excluding hydrogens is 512 g/mol. The van der Waals surface area contributed by atoms with Crippen molar-refractivity contribution in [1.29, 1.82) is 0 Å². The molecule has 0 unspecified atom stereocenters. The van der Waals surface area contributed by atoms with Crippen LogP contribution in [0.1, 0.15) is 52.9 Å². The Bertz CT molecular complexity index is 1510. The van der Waals surface area contributed by atoms with Gasteiger partial charge in [0.25, 0.3) is 5.79 Å². The van der Waals surface area contributed by atoms with E-state index >= 15 is 0 Å². The second-order valence-corrected chi connectivity index (χ2v) is 10.5. The summed E-state index contributed by atoms with van der Waals surface area (Å²) in [4.78, 5) is 42.9. The van der Waals surface area contributed by atoms with Crippen molar-refractivity contribution in [2.24, 2.45) is 10.5 Å². The van der Waals surface area contributed by atoms with Crippen LogP contribution in [-0.4, -0.2) is 55.0 Å². The Morgan fingerprint density at radius 3 is 2.02 bits per heavy atom. The normalized spacial score (nSPS) is 23.6. The minimum atomic E-state index is -1.93. The lowest BCUT2D eigenvalue weighted by atomic mass is 9.65. The molecule has 3 heterocycles. The second-order valence-electron chi connectivity index (χ2n) is 10.5. The fourth-order valence-electron chi connectivity index (χ4n) is 6.12. The number of esters is 2. The molecule has 40 heavy (non-hydrogen) atoms. The number of methoxy groups -OCH3 is 2. The van der Waals surface area contributed by atoms with E-state index in [1.54, 1.807) is 74.0 Å². The first-order chi connectivity index (χ1) is 19.2. The van der Waals surface area contributed by atoms with Crippen LogP contribution in [0, 0.1) is 5.41 Å². The van der Waals surface area contributed by atoms with E-state index in [1.807, 2.05) is 24.3 Å². The molecular formula is C31H28N2O7. The van der Waals surface area contributed by atoms with Crippen LogP contribution in [0.5, 0.6) is 11.5 Å². The van der Waals surface area contributed by atoms with E-state index in [1.165, 1.54) is 13.8 Å². The number of benzene rings is 3. The Kier molecular flexibility index (Phi) is 5.90. The van der Waals surface area contributed by atoms with Crippen LogP contribution < -0.4 is 9.47 Å². The van der Waals surface area contributed by atoms with Gasteiger partial charge < -0.3 is 18.9 Å². The van der Waals surface area contributed by atoms with Gasteiger partial charge in [-0.3, -0.25) is 19.4 Å². The van der Waals surface area contributed by atoms with E-state index < -0.39 is 41.1 Å². The van der Waals surface area contributed by atoms with Crippen molar-refractivity contribution < 1.29 is 33.3 Å². The van der Waals surface area contributed by atoms with Crippen molar-refractivity contribution in [3.8, 4) is 11.5 Å². The molecule has 0 bridgehead atoms. The molecule has 9 nitrogen and oxygen atoms in total. The van der Waals surface area contributed by atoms with E-state index in [-0.39, 0.29) is 5.78 Å². The average molecular weight is 541 g/mol. The van der Waals surface area contributed by atoms with Crippen LogP contribution in [0.3, 0.4) is 0 Å². The number of hydrazone groups is 1. The fourth-order valence-corrected chi connectivity index (χ4v) is 6.12. The van der Waals surface area contributed by atoms with Gasteiger partial charge in [-0.15, -0.1) is 0 Å². The van der Waals surface area contributed by atoms with E-state index in [4.69, 9.17) is 18.9 Å². The van der Waals surface area contributed by atoms with Crippen LogP contribution in [0.25, 0.3) is 0 Å². The standard InChI is InChI=1S/C31H28N2O7/c1-30(2)39-28(35)31(29(36)40-30)24(18-9-13-21(37-3)14-10-18)25(26(34)19-11-15-22(38-4)16-12-19)33-27(31)23-8-6-5-7-20(23)17-32-33/h5-17,24-25,27H,1-4H3/t24-,25+,27-/m0/s1. The molecule has 0 radical (unpaired) electrons.